The van der Waals surface area contributed by atoms with Crippen molar-refractivity contribution < 1.29 is 18.8 Å². The first-order valence-corrected chi connectivity index (χ1v) is 11.3. The van der Waals surface area contributed by atoms with Gasteiger partial charge in [-0.2, -0.15) is 4.98 Å². The van der Waals surface area contributed by atoms with Crippen molar-refractivity contribution in [2.24, 2.45) is 0 Å². The minimum Gasteiger partial charge on any atom is -0.494 e. The Morgan fingerprint density at radius 2 is 1.65 bits per heavy atom. The smallest absolute Gasteiger partial charge is 0.232 e. The summed E-state index contributed by atoms with van der Waals surface area (Å²) in [4.78, 5) is 19.0. The maximum atomic E-state index is 12.6. The molecule has 3 aromatic carbocycles. The lowest BCUT2D eigenvalue weighted by Gasteiger charge is -2.16. The van der Waals surface area contributed by atoms with Crippen molar-refractivity contribution in [2.75, 3.05) is 18.1 Å². The number of benzene rings is 3. The topological polar surface area (TPSA) is 77.7 Å². The lowest BCUT2D eigenvalue weighted by atomic mass is 10.1. The summed E-state index contributed by atoms with van der Waals surface area (Å²) < 4.78 is 16.9. The van der Waals surface area contributed by atoms with Crippen LogP contribution in [0.1, 0.15) is 30.7 Å². The first kappa shape index (κ1) is 21.7. The van der Waals surface area contributed by atoms with Crippen LogP contribution in [0.25, 0.3) is 11.4 Å². The molecule has 1 saturated heterocycles. The molecule has 1 aromatic heterocycles. The number of carbonyl (C=O) groups is 1. The quantitative estimate of drug-likeness (QED) is 0.362. The van der Waals surface area contributed by atoms with E-state index in [0.29, 0.717) is 37.9 Å². The SMILES string of the molecule is CCOc1ccc(N2CC(c3nc(-c4ccc(OCc5ccccc5)cc4)no3)CC2=O)cc1. The van der Waals surface area contributed by atoms with E-state index in [9.17, 15) is 4.79 Å². The van der Waals surface area contributed by atoms with Gasteiger partial charge in [0, 0.05) is 24.2 Å². The van der Waals surface area contributed by atoms with Crippen molar-refractivity contribution in [1.29, 1.82) is 0 Å². The van der Waals surface area contributed by atoms with Gasteiger partial charge in [0.2, 0.25) is 17.6 Å². The second kappa shape index (κ2) is 9.79. The first-order valence-electron chi connectivity index (χ1n) is 11.3. The van der Waals surface area contributed by atoms with Gasteiger partial charge < -0.3 is 18.9 Å². The minimum absolute atomic E-state index is 0.0360. The van der Waals surface area contributed by atoms with E-state index in [0.717, 1.165) is 28.3 Å². The van der Waals surface area contributed by atoms with Crippen LogP contribution in [0.2, 0.25) is 0 Å². The van der Waals surface area contributed by atoms with Gasteiger partial charge in [-0.15, -0.1) is 0 Å². The van der Waals surface area contributed by atoms with Gasteiger partial charge in [0.15, 0.2) is 0 Å². The predicted molar refractivity (Wildman–Crippen MR) is 128 cm³/mol. The molecule has 0 saturated carbocycles. The van der Waals surface area contributed by atoms with Crippen LogP contribution >= 0.6 is 0 Å². The highest BCUT2D eigenvalue weighted by atomic mass is 16.5. The summed E-state index contributed by atoms with van der Waals surface area (Å²) in [5.74, 6) is 2.41. The molecule has 7 heteroatoms. The third-order valence-electron chi connectivity index (χ3n) is 5.74. The van der Waals surface area contributed by atoms with Gasteiger partial charge >= 0.3 is 0 Å². The van der Waals surface area contributed by atoms with E-state index in [1.165, 1.54) is 0 Å². The maximum Gasteiger partial charge on any atom is 0.232 e. The van der Waals surface area contributed by atoms with E-state index in [4.69, 9.17) is 14.0 Å². The second-order valence-corrected chi connectivity index (χ2v) is 8.09. The molecule has 7 nitrogen and oxygen atoms in total. The standard InChI is InChI=1S/C27H25N3O4/c1-2-32-23-14-10-22(11-15-23)30-17-21(16-25(30)31)27-28-26(29-34-27)20-8-12-24(13-9-20)33-18-19-6-4-3-5-7-19/h3-15,21H,2,16-18H2,1H3. The fourth-order valence-corrected chi connectivity index (χ4v) is 3.97. The highest BCUT2D eigenvalue weighted by Gasteiger charge is 2.35. The van der Waals surface area contributed by atoms with Crippen LogP contribution in [-0.2, 0) is 11.4 Å². The van der Waals surface area contributed by atoms with Crippen LogP contribution in [0.15, 0.2) is 83.4 Å². The Balaban J connectivity index is 1.22. The van der Waals surface area contributed by atoms with E-state index in [1.54, 1.807) is 4.90 Å². The van der Waals surface area contributed by atoms with Gasteiger partial charge in [0.1, 0.15) is 18.1 Å². The summed E-state index contributed by atoms with van der Waals surface area (Å²) in [6.07, 6.45) is 0.334. The molecule has 1 unspecified atom stereocenters. The number of rotatable bonds is 8. The molecule has 172 valence electrons. The first-order chi connectivity index (χ1) is 16.7. The van der Waals surface area contributed by atoms with Crippen LogP contribution in [-0.4, -0.2) is 29.2 Å². The zero-order valence-corrected chi connectivity index (χ0v) is 18.9. The van der Waals surface area contributed by atoms with E-state index in [2.05, 4.69) is 10.1 Å². The average Bonchev–Trinajstić information content (AvgIpc) is 3.52. The Hall–Kier alpha value is -4.13. The van der Waals surface area contributed by atoms with Crippen LogP contribution in [0.5, 0.6) is 11.5 Å². The maximum absolute atomic E-state index is 12.6. The van der Waals surface area contributed by atoms with Crippen molar-refractivity contribution in [2.45, 2.75) is 25.9 Å². The molecule has 0 aliphatic carbocycles. The second-order valence-electron chi connectivity index (χ2n) is 8.09. The Morgan fingerprint density at radius 3 is 2.38 bits per heavy atom. The van der Waals surface area contributed by atoms with Crippen LogP contribution < -0.4 is 14.4 Å². The number of amides is 1. The highest BCUT2D eigenvalue weighted by Crippen LogP contribution is 2.33. The van der Waals surface area contributed by atoms with Crippen molar-refractivity contribution in [3.8, 4) is 22.9 Å². The molecule has 5 rings (SSSR count). The molecule has 1 atom stereocenters. The highest BCUT2D eigenvalue weighted by molar-refractivity contribution is 5.96. The largest absolute Gasteiger partial charge is 0.494 e. The van der Waals surface area contributed by atoms with Gasteiger partial charge in [0.25, 0.3) is 0 Å². The van der Waals surface area contributed by atoms with Gasteiger partial charge in [-0.05, 0) is 61.0 Å². The predicted octanol–water partition coefficient (Wildman–Crippen LogP) is 5.23. The molecule has 1 aliphatic rings. The number of carbonyl (C=O) groups excluding carboxylic acids is 1. The van der Waals surface area contributed by atoms with Gasteiger partial charge in [-0.25, -0.2) is 0 Å². The Morgan fingerprint density at radius 1 is 0.941 bits per heavy atom. The van der Waals surface area contributed by atoms with Gasteiger partial charge in [0.05, 0.1) is 12.5 Å². The third-order valence-corrected chi connectivity index (χ3v) is 5.74. The van der Waals surface area contributed by atoms with Gasteiger partial charge in [-0.1, -0.05) is 35.5 Å². The van der Waals surface area contributed by atoms with Crippen molar-refractivity contribution in [3.05, 3.63) is 90.3 Å². The average molecular weight is 456 g/mol. The van der Waals surface area contributed by atoms with Crippen molar-refractivity contribution in [1.82, 2.24) is 10.1 Å². The molecular weight excluding hydrogens is 430 g/mol. The monoisotopic (exact) mass is 455 g/mol. The molecule has 1 fully saturated rings. The van der Waals surface area contributed by atoms with E-state index in [-0.39, 0.29) is 11.8 Å². The van der Waals surface area contributed by atoms with Crippen molar-refractivity contribution >= 4 is 11.6 Å². The molecule has 1 amide bonds. The molecule has 2 heterocycles. The third kappa shape index (κ3) is 4.78. The Bertz CT molecular complexity index is 1240. The van der Waals surface area contributed by atoms with E-state index >= 15 is 0 Å². The summed E-state index contributed by atoms with van der Waals surface area (Å²) in [6.45, 7) is 3.55. The molecule has 0 bridgehead atoms. The molecule has 34 heavy (non-hydrogen) atoms. The van der Waals surface area contributed by atoms with E-state index < -0.39 is 0 Å². The fourth-order valence-electron chi connectivity index (χ4n) is 3.97. The van der Waals surface area contributed by atoms with Gasteiger partial charge in [-0.3, -0.25) is 4.79 Å². The molecule has 4 aromatic rings. The Kier molecular flexibility index (Phi) is 6.25. The lowest BCUT2D eigenvalue weighted by molar-refractivity contribution is -0.117. The molecule has 1 aliphatic heterocycles. The number of hydrogen-bond acceptors (Lipinski definition) is 6. The van der Waals surface area contributed by atoms with E-state index in [1.807, 2.05) is 85.8 Å². The Labute approximate surface area is 197 Å². The summed E-state index contributed by atoms with van der Waals surface area (Å²) in [5.41, 5.74) is 2.77. The number of aromatic nitrogens is 2. The number of nitrogens with zero attached hydrogens (tertiary/aromatic N) is 3. The molecule has 0 spiro atoms. The summed E-state index contributed by atoms with van der Waals surface area (Å²) in [6, 6.07) is 25.1. The number of hydrogen-bond donors (Lipinski definition) is 0. The minimum atomic E-state index is -0.145. The summed E-state index contributed by atoms with van der Waals surface area (Å²) in [5, 5.41) is 4.14. The zero-order chi connectivity index (χ0) is 23.3. The normalized spacial score (nSPS) is 15.5. The van der Waals surface area contributed by atoms with Crippen LogP contribution in [0, 0.1) is 0 Å². The lowest BCUT2D eigenvalue weighted by Crippen LogP contribution is -2.24. The van der Waals surface area contributed by atoms with Crippen LogP contribution in [0.3, 0.4) is 0 Å². The number of anilines is 1. The fraction of sp³-hybridized carbons (Fsp3) is 0.222. The molecule has 0 radical (unpaired) electrons. The molecule has 0 N–H and O–H groups in total. The summed E-state index contributed by atoms with van der Waals surface area (Å²) >= 11 is 0. The molecular formula is C27H25N3O4. The van der Waals surface area contributed by atoms with Crippen molar-refractivity contribution in [3.63, 3.8) is 0 Å². The zero-order valence-electron chi connectivity index (χ0n) is 18.9. The summed E-state index contributed by atoms with van der Waals surface area (Å²) in [7, 11) is 0. The number of ether oxygens (including phenoxy) is 2. The van der Waals surface area contributed by atoms with Crippen LogP contribution in [0.4, 0.5) is 5.69 Å².